The lowest BCUT2D eigenvalue weighted by Crippen LogP contribution is -2.42. The zero-order valence-corrected chi connectivity index (χ0v) is 8.93. The Labute approximate surface area is 92.1 Å². The second kappa shape index (κ2) is 4.99. The van der Waals surface area contributed by atoms with Crippen molar-refractivity contribution in [1.29, 1.82) is 0 Å². The normalized spacial score (nSPS) is 24.6. The number of tetrazole rings is 1. The van der Waals surface area contributed by atoms with Crippen LogP contribution in [0.15, 0.2) is 0 Å². The summed E-state index contributed by atoms with van der Waals surface area (Å²) in [6.45, 7) is 1.29. The minimum absolute atomic E-state index is 0.0540. The van der Waals surface area contributed by atoms with Gasteiger partial charge >= 0.3 is 0 Å². The number of nitrogens with one attached hydrogen (secondary N) is 3. The van der Waals surface area contributed by atoms with E-state index in [1.807, 2.05) is 7.05 Å². The highest BCUT2D eigenvalue weighted by molar-refractivity contribution is 5.79. The number of carbonyl (C=O) groups is 1. The SMILES string of the molecule is CNC1COCC1C(=O)NCc1nn[nH]n1. The highest BCUT2D eigenvalue weighted by atomic mass is 16.5. The molecule has 0 aromatic carbocycles. The van der Waals surface area contributed by atoms with Crippen LogP contribution in [0.5, 0.6) is 0 Å². The fourth-order valence-corrected chi connectivity index (χ4v) is 1.65. The van der Waals surface area contributed by atoms with Crippen LogP contribution in [0.3, 0.4) is 0 Å². The molecule has 1 aliphatic rings. The molecule has 8 heteroatoms. The summed E-state index contributed by atoms with van der Waals surface area (Å²) in [6.07, 6.45) is 0. The summed E-state index contributed by atoms with van der Waals surface area (Å²) >= 11 is 0. The van der Waals surface area contributed by atoms with Crippen LogP contribution in [0.2, 0.25) is 0 Å². The van der Waals surface area contributed by atoms with Gasteiger partial charge in [-0.2, -0.15) is 5.21 Å². The molecule has 2 rings (SSSR count). The van der Waals surface area contributed by atoms with E-state index in [2.05, 4.69) is 31.3 Å². The Morgan fingerprint density at radius 3 is 3.19 bits per heavy atom. The van der Waals surface area contributed by atoms with Gasteiger partial charge in [0.15, 0.2) is 5.82 Å². The van der Waals surface area contributed by atoms with Crippen molar-refractivity contribution < 1.29 is 9.53 Å². The summed E-state index contributed by atoms with van der Waals surface area (Å²) in [5.74, 6) is 0.256. The molecular formula is C8H14N6O2. The third-order valence-corrected chi connectivity index (χ3v) is 2.60. The van der Waals surface area contributed by atoms with Crippen molar-refractivity contribution in [2.75, 3.05) is 20.3 Å². The summed E-state index contributed by atoms with van der Waals surface area (Å²) in [4.78, 5) is 11.8. The van der Waals surface area contributed by atoms with E-state index in [1.54, 1.807) is 0 Å². The standard InChI is InChI=1S/C8H14N6O2/c1-9-6-4-16-3-5(6)8(15)10-2-7-11-13-14-12-7/h5-6,9H,2-4H2,1H3,(H,10,15)(H,11,12,13,14). The summed E-state index contributed by atoms with van der Waals surface area (Å²) in [5.41, 5.74) is 0. The first kappa shape index (κ1) is 11.0. The lowest BCUT2D eigenvalue weighted by atomic mass is 10.0. The van der Waals surface area contributed by atoms with Crippen molar-refractivity contribution in [3.8, 4) is 0 Å². The lowest BCUT2D eigenvalue weighted by Gasteiger charge is -2.15. The predicted molar refractivity (Wildman–Crippen MR) is 53.2 cm³/mol. The Morgan fingerprint density at radius 1 is 1.62 bits per heavy atom. The number of rotatable bonds is 4. The van der Waals surface area contributed by atoms with E-state index in [1.165, 1.54) is 0 Å². The van der Waals surface area contributed by atoms with Gasteiger partial charge in [0.2, 0.25) is 5.91 Å². The first-order valence-electron chi connectivity index (χ1n) is 5.06. The Hall–Kier alpha value is -1.54. The number of hydrogen-bond acceptors (Lipinski definition) is 6. The second-order valence-electron chi connectivity index (χ2n) is 3.58. The molecule has 0 saturated carbocycles. The van der Waals surface area contributed by atoms with Crippen molar-refractivity contribution in [3.63, 3.8) is 0 Å². The van der Waals surface area contributed by atoms with E-state index in [-0.39, 0.29) is 24.4 Å². The molecule has 1 saturated heterocycles. The number of nitrogens with zero attached hydrogens (tertiary/aromatic N) is 3. The Balaban J connectivity index is 1.83. The number of hydrogen-bond donors (Lipinski definition) is 3. The number of aromatic amines is 1. The molecular weight excluding hydrogens is 212 g/mol. The maximum atomic E-state index is 11.8. The molecule has 0 aliphatic carbocycles. The minimum Gasteiger partial charge on any atom is -0.379 e. The quantitative estimate of drug-likeness (QED) is 0.551. The second-order valence-corrected chi connectivity index (χ2v) is 3.58. The molecule has 1 aromatic rings. The average Bonchev–Trinajstić information content (AvgIpc) is 2.96. The van der Waals surface area contributed by atoms with Gasteiger partial charge in [0.25, 0.3) is 0 Å². The smallest absolute Gasteiger partial charge is 0.227 e. The molecule has 0 spiro atoms. The van der Waals surface area contributed by atoms with Crippen LogP contribution in [0.1, 0.15) is 5.82 Å². The molecule has 2 unspecified atom stereocenters. The maximum absolute atomic E-state index is 11.8. The molecule has 0 bridgehead atoms. The van der Waals surface area contributed by atoms with Crippen LogP contribution in [-0.4, -0.2) is 52.8 Å². The molecule has 1 aliphatic heterocycles. The number of amides is 1. The van der Waals surface area contributed by atoms with Gasteiger partial charge in [0, 0.05) is 6.04 Å². The van der Waals surface area contributed by atoms with Crippen molar-refractivity contribution in [2.45, 2.75) is 12.6 Å². The van der Waals surface area contributed by atoms with E-state index in [0.29, 0.717) is 19.0 Å². The number of carbonyl (C=O) groups excluding carboxylic acids is 1. The average molecular weight is 226 g/mol. The number of likely N-dealkylation sites (N-methyl/N-ethyl adjacent to an activating group) is 1. The number of aromatic nitrogens is 4. The molecule has 0 radical (unpaired) electrons. The topological polar surface area (TPSA) is 105 Å². The van der Waals surface area contributed by atoms with Crippen LogP contribution in [0, 0.1) is 5.92 Å². The Morgan fingerprint density at radius 2 is 2.50 bits per heavy atom. The molecule has 16 heavy (non-hydrogen) atoms. The molecule has 3 N–H and O–H groups in total. The summed E-state index contributed by atoms with van der Waals surface area (Å²) < 4.78 is 5.25. The number of H-pyrrole nitrogens is 1. The van der Waals surface area contributed by atoms with Gasteiger partial charge in [0.1, 0.15) is 0 Å². The molecule has 1 amide bonds. The fraction of sp³-hybridized carbons (Fsp3) is 0.750. The summed E-state index contributed by atoms with van der Waals surface area (Å²) in [5, 5.41) is 19.0. The van der Waals surface area contributed by atoms with E-state index < -0.39 is 0 Å². The van der Waals surface area contributed by atoms with Crippen LogP contribution in [-0.2, 0) is 16.1 Å². The minimum atomic E-state index is -0.156. The maximum Gasteiger partial charge on any atom is 0.227 e. The third kappa shape index (κ3) is 2.34. The van der Waals surface area contributed by atoms with Gasteiger partial charge in [-0.25, -0.2) is 0 Å². The molecule has 1 aromatic heterocycles. The van der Waals surface area contributed by atoms with Crippen molar-refractivity contribution in [2.24, 2.45) is 5.92 Å². The molecule has 8 nitrogen and oxygen atoms in total. The zero-order valence-electron chi connectivity index (χ0n) is 8.93. The number of ether oxygens (including phenoxy) is 1. The van der Waals surface area contributed by atoms with E-state index in [0.717, 1.165) is 0 Å². The Kier molecular flexibility index (Phi) is 3.42. The van der Waals surface area contributed by atoms with Gasteiger partial charge in [-0.1, -0.05) is 5.21 Å². The fourth-order valence-electron chi connectivity index (χ4n) is 1.65. The molecule has 1 fully saturated rings. The van der Waals surface area contributed by atoms with Crippen LogP contribution in [0.25, 0.3) is 0 Å². The molecule has 2 heterocycles. The highest BCUT2D eigenvalue weighted by Crippen LogP contribution is 2.13. The largest absolute Gasteiger partial charge is 0.379 e. The molecule has 2 atom stereocenters. The van der Waals surface area contributed by atoms with Gasteiger partial charge in [0.05, 0.1) is 25.7 Å². The van der Waals surface area contributed by atoms with Crippen LogP contribution >= 0.6 is 0 Å². The van der Waals surface area contributed by atoms with Crippen molar-refractivity contribution in [1.82, 2.24) is 31.3 Å². The van der Waals surface area contributed by atoms with E-state index in [9.17, 15) is 4.79 Å². The van der Waals surface area contributed by atoms with Crippen LogP contribution < -0.4 is 10.6 Å². The zero-order chi connectivity index (χ0) is 11.4. The van der Waals surface area contributed by atoms with Gasteiger partial charge < -0.3 is 15.4 Å². The predicted octanol–water partition coefficient (Wildman–Crippen LogP) is -1.95. The summed E-state index contributed by atoms with van der Waals surface area (Å²) in [7, 11) is 1.82. The first-order valence-corrected chi connectivity index (χ1v) is 5.06. The molecule has 88 valence electrons. The van der Waals surface area contributed by atoms with Gasteiger partial charge in [-0.05, 0) is 7.05 Å². The Bertz CT molecular complexity index is 340. The van der Waals surface area contributed by atoms with Gasteiger partial charge in [-0.3, -0.25) is 4.79 Å². The lowest BCUT2D eigenvalue weighted by molar-refractivity contribution is -0.125. The van der Waals surface area contributed by atoms with Gasteiger partial charge in [-0.15, -0.1) is 10.2 Å². The monoisotopic (exact) mass is 226 g/mol. The van der Waals surface area contributed by atoms with Crippen LogP contribution in [0.4, 0.5) is 0 Å². The highest BCUT2D eigenvalue weighted by Gasteiger charge is 2.32. The first-order chi connectivity index (χ1) is 7.81. The van der Waals surface area contributed by atoms with E-state index >= 15 is 0 Å². The van der Waals surface area contributed by atoms with Crippen molar-refractivity contribution in [3.05, 3.63) is 5.82 Å². The summed E-state index contributed by atoms with van der Waals surface area (Å²) in [6, 6.07) is 0.0743. The third-order valence-electron chi connectivity index (χ3n) is 2.60. The van der Waals surface area contributed by atoms with Crippen molar-refractivity contribution >= 4 is 5.91 Å². The van der Waals surface area contributed by atoms with E-state index in [4.69, 9.17) is 4.74 Å².